The van der Waals surface area contributed by atoms with Gasteiger partial charge in [-0.1, -0.05) is 49.7 Å². The molecular weight excluding hydrogens is 568 g/mol. The van der Waals surface area contributed by atoms with Crippen LogP contribution in [0.15, 0.2) is 60.7 Å². The minimum Gasteiger partial charge on any atom is -0.493 e. The van der Waals surface area contributed by atoms with Crippen LogP contribution in [0.3, 0.4) is 0 Å². The third-order valence-corrected chi connectivity index (χ3v) is 8.23. The van der Waals surface area contributed by atoms with Gasteiger partial charge in [0.2, 0.25) is 0 Å². The predicted octanol–water partition coefficient (Wildman–Crippen LogP) is 6.86. The summed E-state index contributed by atoms with van der Waals surface area (Å²) in [6, 6.07) is 20.1. The molecule has 7 nitrogen and oxygen atoms in total. The number of ether oxygens (including phenoxy) is 4. The molecule has 0 saturated carbocycles. The average molecular weight is 619 g/mol. The minimum atomic E-state index is -0.265. The van der Waals surface area contributed by atoms with Crippen LogP contribution in [0.2, 0.25) is 0 Å². The highest BCUT2D eigenvalue weighted by Crippen LogP contribution is 2.34. The number of aliphatic hydroxyl groups excluding tert-OH is 2. The van der Waals surface area contributed by atoms with Gasteiger partial charge in [0, 0.05) is 39.5 Å². The van der Waals surface area contributed by atoms with E-state index in [1.165, 1.54) is 0 Å². The first kappa shape index (κ1) is 34.6. The van der Waals surface area contributed by atoms with Gasteiger partial charge in [-0.2, -0.15) is 0 Å². The van der Waals surface area contributed by atoms with E-state index in [1.54, 1.807) is 0 Å². The third-order valence-electron chi connectivity index (χ3n) is 8.23. The first-order chi connectivity index (χ1) is 22.1. The van der Waals surface area contributed by atoms with Crippen molar-refractivity contribution in [2.24, 2.45) is 5.92 Å². The maximum absolute atomic E-state index is 12.6. The lowest BCUT2D eigenvalue weighted by Crippen LogP contribution is -2.22. The van der Waals surface area contributed by atoms with Gasteiger partial charge in [0.25, 0.3) is 0 Å². The maximum Gasteiger partial charge on any atom is 0.311 e. The molecule has 1 aliphatic heterocycles. The summed E-state index contributed by atoms with van der Waals surface area (Å²) >= 11 is 0. The quantitative estimate of drug-likeness (QED) is 0.0861. The van der Waals surface area contributed by atoms with Gasteiger partial charge < -0.3 is 29.2 Å². The minimum absolute atomic E-state index is 0.106. The van der Waals surface area contributed by atoms with E-state index in [4.69, 9.17) is 18.9 Å². The van der Waals surface area contributed by atoms with Crippen LogP contribution < -0.4 is 9.47 Å². The maximum atomic E-state index is 12.6. The van der Waals surface area contributed by atoms with Crippen molar-refractivity contribution in [1.29, 1.82) is 0 Å². The zero-order chi connectivity index (χ0) is 31.7. The molecule has 0 atom stereocenters. The fourth-order valence-corrected chi connectivity index (χ4v) is 5.51. The molecule has 4 rings (SSSR count). The Morgan fingerprint density at radius 1 is 0.822 bits per heavy atom. The number of unbranched alkanes of at least 4 members (excludes halogenated alkanes) is 1. The summed E-state index contributed by atoms with van der Waals surface area (Å²) in [6.07, 6.45) is 7.78. The van der Waals surface area contributed by atoms with Crippen LogP contribution in [-0.4, -0.2) is 55.8 Å². The zero-order valence-corrected chi connectivity index (χ0v) is 26.8. The second kappa shape index (κ2) is 19.3. The Morgan fingerprint density at radius 2 is 1.47 bits per heavy atom. The molecule has 1 heterocycles. The normalized spacial score (nSPS) is 13.6. The molecule has 0 amide bonds. The first-order valence-corrected chi connectivity index (χ1v) is 16.6. The van der Waals surface area contributed by atoms with Crippen molar-refractivity contribution < 1.29 is 34.0 Å². The molecule has 45 heavy (non-hydrogen) atoms. The molecule has 0 aromatic heterocycles. The van der Waals surface area contributed by atoms with Crippen molar-refractivity contribution in [3.63, 3.8) is 0 Å². The largest absolute Gasteiger partial charge is 0.493 e. The third kappa shape index (κ3) is 11.6. The van der Waals surface area contributed by atoms with Crippen molar-refractivity contribution in [1.82, 2.24) is 0 Å². The molecule has 1 saturated heterocycles. The Bertz CT molecular complexity index is 1250. The van der Waals surface area contributed by atoms with E-state index in [9.17, 15) is 15.0 Å². The fourth-order valence-electron chi connectivity index (χ4n) is 5.51. The van der Waals surface area contributed by atoms with Crippen LogP contribution in [0.25, 0.3) is 11.1 Å². The summed E-state index contributed by atoms with van der Waals surface area (Å²) in [5, 5.41) is 19.2. The van der Waals surface area contributed by atoms with Gasteiger partial charge in [-0.3, -0.25) is 4.79 Å². The Kier molecular flexibility index (Phi) is 14.9. The molecule has 0 bridgehead atoms. The smallest absolute Gasteiger partial charge is 0.311 e. The van der Waals surface area contributed by atoms with E-state index in [2.05, 4.69) is 31.2 Å². The Balaban J connectivity index is 1.38. The van der Waals surface area contributed by atoms with Gasteiger partial charge in [-0.15, -0.1) is 0 Å². The highest BCUT2D eigenvalue weighted by molar-refractivity contribution is 5.73. The number of hydrogen-bond donors (Lipinski definition) is 2. The van der Waals surface area contributed by atoms with E-state index < -0.39 is 0 Å². The number of rotatable bonds is 19. The predicted molar refractivity (Wildman–Crippen MR) is 177 cm³/mol. The molecule has 7 heteroatoms. The fraction of sp³-hybridized carbons (Fsp3) is 0.500. The Morgan fingerprint density at radius 3 is 2.09 bits per heavy atom. The lowest BCUT2D eigenvalue weighted by atomic mass is 9.94. The van der Waals surface area contributed by atoms with Crippen LogP contribution in [0, 0.1) is 5.92 Å². The Labute approximate surface area is 268 Å². The second-order valence-electron chi connectivity index (χ2n) is 11.9. The van der Waals surface area contributed by atoms with E-state index in [0.29, 0.717) is 63.4 Å². The number of esters is 1. The van der Waals surface area contributed by atoms with Crippen LogP contribution in [0.5, 0.6) is 11.5 Å². The average Bonchev–Trinajstić information content (AvgIpc) is 3.08. The molecule has 2 N–H and O–H groups in total. The highest BCUT2D eigenvalue weighted by Gasteiger charge is 2.18. The van der Waals surface area contributed by atoms with Crippen LogP contribution in [0.1, 0.15) is 74.1 Å². The molecule has 3 aromatic carbocycles. The van der Waals surface area contributed by atoms with Crippen LogP contribution >= 0.6 is 0 Å². The summed E-state index contributed by atoms with van der Waals surface area (Å²) in [6.45, 7) is 5.94. The first-order valence-electron chi connectivity index (χ1n) is 16.6. The number of carbonyl (C=O) groups excluding carboxylic acids is 1. The van der Waals surface area contributed by atoms with E-state index in [0.717, 1.165) is 84.6 Å². The van der Waals surface area contributed by atoms with Gasteiger partial charge in [-0.05, 0) is 115 Å². The van der Waals surface area contributed by atoms with E-state index in [1.807, 2.05) is 36.4 Å². The summed E-state index contributed by atoms with van der Waals surface area (Å²) in [7, 11) is 0. The van der Waals surface area contributed by atoms with Gasteiger partial charge in [0.1, 0.15) is 11.5 Å². The van der Waals surface area contributed by atoms with Gasteiger partial charge in [0.05, 0.1) is 13.2 Å². The van der Waals surface area contributed by atoms with E-state index in [-0.39, 0.29) is 19.2 Å². The summed E-state index contributed by atoms with van der Waals surface area (Å²) < 4.78 is 23.3. The lowest BCUT2D eigenvalue weighted by molar-refractivity contribution is -0.134. The second-order valence-corrected chi connectivity index (χ2v) is 11.9. The molecule has 0 radical (unpaired) electrons. The molecule has 3 aromatic rings. The highest BCUT2D eigenvalue weighted by atomic mass is 16.5. The van der Waals surface area contributed by atoms with Crippen molar-refractivity contribution >= 4 is 5.97 Å². The number of benzene rings is 3. The topological polar surface area (TPSA) is 94.5 Å². The van der Waals surface area contributed by atoms with Gasteiger partial charge in [0.15, 0.2) is 0 Å². The lowest BCUT2D eigenvalue weighted by Gasteiger charge is -2.24. The molecule has 0 spiro atoms. The van der Waals surface area contributed by atoms with Crippen molar-refractivity contribution in [2.45, 2.75) is 77.7 Å². The molecule has 1 fully saturated rings. The molecule has 0 unspecified atom stereocenters. The van der Waals surface area contributed by atoms with E-state index >= 15 is 0 Å². The molecular formula is C38H50O7. The van der Waals surface area contributed by atoms with Crippen molar-refractivity contribution in [3.05, 3.63) is 82.9 Å². The van der Waals surface area contributed by atoms with Gasteiger partial charge >= 0.3 is 5.97 Å². The monoisotopic (exact) mass is 618 g/mol. The van der Waals surface area contributed by atoms with Crippen molar-refractivity contribution in [2.75, 3.05) is 39.6 Å². The van der Waals surface area contributed by atoms with Crippen LogP contribution in [0.4, 0.5) is 0 Å². The Hall–Kier alpha value is -3.23. The standard InChI is InChI=1S/C38H50O7/c1-2-3-22-43-27-30-10-8-29(9-11-30)12-17-37(41)45-36-15-13-32(14-16-36)35-25-33(6-4-20-39)38(34(26-35)7-5-21-40)44-28-31-18-23-42-24-19-31/h8-11,13-16,25-26,31,39-40H,2-7,12,17-24,27-28H2,1H3. The van der Waals surface area contributed by atoms with Gasteiger partial charge in [-0.25, -0.2) is 0 Å². The summed E-state index contributed by atoms with van der Waals surface area (Å²) in [5.74, 6) is 1.59. The molecule has 1 aliphatic rings. The summed E-state index contributed by atoms with van der Waals surface area (Å²) in [4.78, 5) is 12.6. The SMILES string of the molecule is CCCCOCc1ccc(CCC(=O)Oc2ccc(-c3cc(CCCO)c(OCC4CCOCC4)c(CCCO)c3)cc2)cc1. The number of aryl methyl sites for hydroxylation is 3. The zero-order valence-electron chi connectivity index (χ0n) is 26.8. The number of aliphatic hydroxyl groups is 2. The summed E-state index contributed by atoms with van der Waals surface area (Å²) in [5.41, 5.74) is 6.39. The number of hydrogen-bond acceptors (Lipinski definition) is 7. The number of carbonyl (C=O) groups is 1. The van der Waals surface area contributed by atoms with Crippen molar-refractivity contribution in [3.8, 4) is 22.6 Å². The van der Waals surface area contributed by atoms with Crippen LogP contribution in [-0.2, 0) is 40.1 Å². The molecule has 0 aliphatic carbocycles. The molecule has 244 valence electrons.